The number of fused-ring (bicyclic) bond motifs is 2. The number of likely N-dealkylation sites (N-methyl/N-ethyl adjacent to an activating group) is 1. The maximum atomic E-state index is 13.3. The van der Waals surface area contributed by atoms with E-state index in [2.05, 4.69) is 5.32 Å². The van der Waals surface area contributed by atoms with Crippen molar-refractivity contribution in [2.75, 3.05) is 51.1 Å². The minimum absolute atomic E-state index is 0.0538. The highest BCUT2D eigenvalue weighted by Gasteiger charge is 2.32. The third-order valence-electron chi connectivity index (χ3n) is 7.25. The molecule has 0 aliphatic carbocycles. The van der Waals surface area contributed by atoms with Crippen molar-refractivity contribution in [3.8, 4) is 5.75 Å². The number of hydrogen-bond acceptors (Lipinski definition) is 5. The lowest BCUT2D eigenvalue weighted by Crippen LogP contribution is -2.48. The van der Waals surface area contributed by atoms with E-state index >= 15 is 0 Å². The van der Waals surface area contributed by atoms with Gasteiger partial charge in [-0.2, -0.15) is 0 Å². The van der Waals surface area contributed by atoms with Crippen molar-refractivity contribution in [3.63, 3.8) is 0 Å². The number of hydrogen-bond donors (Lipinski definition) is 2. The molecule has 8 heteroatoms. The van der Waals surface area contributed by atoms with Crippen LogP contribution in [0.5, 0.6) is 5.75 Å². The van der Waals surface area contributed by atoms with Gasteiger partial charge in [-0.15, -0.1) is 0 Å². The summed E-state index contributed by atoms with van der Waals surface area (Å²) in [6, 6.07) is 19.0. The molecule has 0 bridgehead atoms. The molecule has 4 rings (SSSR count). The zero-order valence-corrected chi connectivity index (χ0v) is 22.8. The number of aliphatic hydroxyl groups excluding tert-OH is 1. The van der Waals surface area contributed by atoms with Crippen LogP contribution in [0.2, 0.25) is 0 Å². The Bertz CT molecular complexity index is 1290. The smallest absolute Gasteiger partial charge is 0.321 e. The van der Waals surface area contributed by atoms with Crippen molar-refractivity contribution in [2.24, 2.45) is 5.92 Å². The molecular formula is C30H38N4O4. The summed E-state index contributed by atoms with van der Waals surface area (Å²) in [6.45, 7) is 4.48. The van der Waals surface area contributed by atoms with Gasteiger partial charge in [0.2, 0.25) is 5.91 Å². The molecule has 0 spiro atoms. The number of ether oxygens (including phenoxy) is 1. The molecular weight excluding hydrogens is 480 g/mol. The lowest BCUT2D eigenvalue weighted by Gasteiger charge is -2.34. The highest BCUT2D eigenvalue weighted by Crippen LogP contribution is 2.30. The molecule has 202 valence electrons. The van der Waals surface area contributed by atoms with E-state index in [1.165, 1.54) is 0 Å². The van der Waals surface area contributed by atoms with Gasteiger partial charge in [0.15, 0.2) is 0 Å². The van der Waals surface area contributed by atoms with Crippen LogP contribution in [0.15, 0.2) is 60.7 Å². The largest absolute Gasteiger partial charge is 0.488 e. The Labute approximate surface area is 224 Å². The van der Waals surface area contributed by atoms with Crippen LogP contribution in [0.3, 0.4) is 0 Å². The van der Waals surface area contributed by atoms with Crippen molar-refractivity contribution in [1.82, 2.24) is 9.80 Å². The monoisotopic (exact) mass is 518 g/mol. The van der Waals surface area contributed by atoms with E-state index in [0.29, 0.717) is 18.8 Å². The number of nitrogens with one attached hydrogen (secondary N) is 1. The SMILES string of the molecule is C[C@@H]1CN([C@@H](C)CO)C(=O)Cc2cc(N(C)C)ccc2O[C@H]1CN(C)C(=O)Nc1cccc2ccccc12. The van der Waals surface area contributed by atoms with Crippen molar-refractivity contribution >= 4 is 34.1 Å². The third-order valence-corrected chi connectivity index (χ3v) is 7.25. The van der Waals surface area contributed by atoms with Crippen molar-refractivity contribution < 1.29 is 19.4 Å². The van der Waals surface area contributed by atoms with Crippen molar-refractivity contribution in [2.45, 2.75) is 32.4 Å². The number of carbonyl (C=O) groups excluding carboxylic acids is 2. The third kappa shape index (κ3) is 6.02. The first-order chi connectivity index (χ1) is 18.2. The molecule has 3 aromatic rings. The summed E-state index contributed by atoms with van der Waals surface area (Å²) in [7, 11) is 5.65. The second kappa shape index (κ2) is 11.7. The van der Waals surface area contributed by atoms with Crippen LogP contribution < -0.4 is 15.0 Å². The van der Waals surface area contributed by atoms with E-state index in [9.17, 15) is 14.7 Å². The van der Waals surface area contributed by atoms with Crippen LogP contribution in [0.4, 0.5) is 16.2 Å². The molecule has 3 aromatic carbocycles. The highest BCUT2D eigenvalue weighted by molar-refractivity contribution is 6.01. The van der Waals surface area contributed by atoms with Crippen molar-refractivity contribution in [1.29, 1.82) is 0 Å². The molecule has 8 nitrogen and oxygen atoms in total. The van der Waals surface area contributed by atoms with Crippen LogP contribution in [-0.2, 0) is 11.2 Å². The summed E-state index contributed by atoms with van der Waals surface area (Å²) in [5, 5.41) is 14.9. The van der Waals surface area contributed by atoms with E-state index in [1.807, 2.05) is 93.5 Å². The second-order valence-corrected chi connectivity index (χ2v) is 10.4. The van der Waals surface area contributed by atoms with Gasteiger partial charge in [0, 0.05) is 50.2 Å². The van der Waals surface area contributed by atoms with Crippen LogP contribution in [0, 0.1) is 5.92 Å². The maximum absolute atomic E-state index is 13.3. The molecule has 0 saturated heterocycles. The molecule has 0 radical (unpaired) electrons. The summed E-state index contributed by atoms with van der Waals surface area (Å²) in [6.07, 6.45) is -0.195. The number of amides is 3. The predicted octanol–water partition coefficient (Wildman–Crippen LogP) is 4.22. The topological polar surface area (TPSA) is 85.4 Å². The molecule has 0 saturated carbocycles. The average molecular weight is 519 g/mol. The number of aliphatic hydroxyl groups is 1. The van der Waals surface area contributed by atoms with E-state index in [0.717, 1.165) is 27.7 Å². The molecule has 1 aliphatic heterocycles. The zero-order chi connectivity index (χ0) is 27.4. The summed E-state index contributed by atoms with van der Waals surface area (Å²) in [5.74, 6) is 0.490. The first-order valence-electron chi connectivity index (χ1n) is 13.0. The van der Waals surface area contributed by atoms with Gasteiger partial charge < -0.3 is 29.9 Å². The number of rotatable bonds is 6. The quantitative estimate of drug-likeness (QED) is 0.511. The van der Waals surface area contributed by atoms with Gasteiger partial charge in [-0.3, -0.25) is 4.79 Å². The summed E-state index contributed by atoms with van der Waals surface area (Å²) in [4.78, 5) is 31.9. The highest BCUT2D eigenvalue weighted by atomic mass is 16.5. The van der Waals surface area contributed by atoms with E-state index in [-0.39, 0.29) is 43.0 Å². The summed E-state index contributed by atoms with van der Waals surface area (Å²) in [5.41, 5.74) is 2.51. The fourth-order valence-electron chi connectivity index (χ4n) is 4.81. The first kappa shape index (κ1) is 27.3. The number of benzene rings is 3. The van der Waals surface area contributed by atoms with Crippen molar-refractivity contribution in [3.05, 3.63) is 66.2 Å². The van der Waals surface area contributed by atoms with Crippen LogP contribution >= 0.6 is 0 Å². The van der Waals surface area contributed by atoms with Gasteiger partial charge in [-0.1, -0.05) is 43.3 Å². The Morgan fingerprint density at radius 2 is 1.87 bits per heavy atom. The normalized spacial score (nSPS) is 18.5. The standard InChI is InChI=1S/C30H38N4O4/c1-20-17-34(21(2)19-35)29(36)16-23-15-24(32(3)4)13-14-27(23)38-28(20)18-33(5)30(37)31-26-12-8-10-22-9-6-7-11-25(22)26/h6-15,20-21,28,35H,16-19H2,1-5H3,(H,31,37)/t20-,21+,28+/m1/s1. The minimum Gasteiger partial charge on any atom is -0.488 e. The molecule has 2 N–H and O–H groups in total. The van der Waals surface area contributed by atoms with Gasteiger partial charge in [-0.05, 0) is 36.6 Å². The first-order valence-corrected chi connectivity index (χ1v) is 13.0. The van der Waals surface area contributed by atoms with Gasteiger partial charge in [0.25, 0.3) is 0 Å². The van der Waals surface area contributed by atoms with Gasteiger partial charge in [-0.25, -0.2) is 4.79 Å². The Hall–Kier alpha value is -3.78. The fraction of sp³-hybridized carbons (Fsp3) is 0.400. The molecule has 0 unspecified atom stereocenters. The van der Waals surface area contributed by atoms with Gasteiger partial charge in [0.05, 0.1) is 31.3 Å². The second-order valence-electron chi connectivity index (χ2n) is 10.4. The Morgan fingerprint density at radius 3 is 2.61 bits per heavy atom. The summed E-state index contributed by atoms with van der Waals surface area (Å²) < 4.78 is 6.53. The van der Waals surface area contributed by atoms with Crippen LogP contribution in [-0.4, -0.2) is 79.8 Å². The van der Waals surface area contributed by atoms with Gasteiger partial charge in [0.1, 0.15) is 11.9 Å². The van der Waals surface area contributed by atoms with E-state index < -0.39 is 0 Å². The molecule has 3 amide bonds. The lowest BCUT2D eigenvalue weighted by atomic mass is 10.0. The number of nitrogens with zero attached hydrogens (tertiary/aromatic N) is 3. The van der Waals surface area contributed by atoms with E-state index in [4.69, 9.17) is 4.74 Å². The number of anilines is 2. The van der Waals surface area contributed by atoms with Gasteiger partial charge >= 0.3 is 6.03 Å². The number of urea groups is 1. The van der Waals surface area contributed by atoms with E-state index in [1.54, 1.807) is 16.8 Å². The van der Waals surface area contributed by atoms with Crippen LogP contribution in [0.1, 0.15) is 19.4 Å². The Balaban J connectivity index is 1.59. The lowest BCUT2D eigenvalue weighted by molar-refractivity contribution is -0.134. The predicted molar refractivity (Wildman–Crippen MR) is 152 cm³/mol. The molecule has 1 heterocycles. The molecule has 3 atom stereocenters. The molecule has 1 aliphatic rings. The fourth-order valence-corrected chi connectivity index (χ4v) is 4.81. The Kier molecular flexibility index (Phi) is 8.42. The average Bonchev–Trinajstić information content (AvgIpc) is 2.95. The molecule has 0 aromatic heterocycles. The maximum Gasteiger partial charge on any atom is 0.321 e. The zero-order valence-electron chi connectivity index (χ0n) is 22.8. The summed E-state index contributed by atoms with van der Waals surface area (Å²) >= 11 is 0. The minimum atomic E-state index is -0.374. The van der Waals surface area contributed by atoms with Crippen LogP contribution in [0.25, 0.3) is 10.8 Å². The number of carbonyl (C=O) groups is 2. The molecule has 0 fully saturated rings. The Morgan fingerprint density at radius 1 is 1.13 bits per heavy atom. The molecule has 38 heavy (non-hydrogen) atoms.